The first-order valence-electron chi connectivity index (χ1n) is 7.45. The maximum absolute atomic E-state index is 12.9. The van der Waals surface area contributed by atoms with Gasteiger partial charge in [0, 0.05) is 12.7 Å². The average Bonchev–Trinajstić information content (AvgIpc) is 2.88. The molecule has 22 heavy (non-hydrogen) atoms. The molecule has 0 radical (unpaired) electrons. The number of hydrogen-bond donors (Lipinski definition) is 0. The minimum atomic E-state index is -0.401. The summed E-state index contributed by atoms with van der Waals surface area (Å²) in [4.78, 5) is 26.8. The van der Waals surface area contributed by atoms with Crippen molar-refractivity contribution in [3.8, 4) is 0 Å². The van der Waals surface area contributed by atoms with E-state index in [1.165, 1.54) is 0 Å². The topological polar surface area (TPSA) is 60.8 Å². The summed E-state index contributed by atoms with van der Waals surface area (Å²) >= 11 is 0. The SMILES string of the molecule is CCOC(=O)c1c(C)c(C(=O)N2COCC2(C)C)c(C)n1C. The number of esters is 1. The second kappa shape index (κ2) is 5.76. The lowest BCUT2D eigenvalue weighted by molar-refractivity contribution is 0.0514. The van der Waals surface area contributed by atoms with Gasteiger partial charge < -0.3 is 18.9 Å². The highest BCUT2D eigenvalue weighted by Gasteiger charge is 2.39. The molecule has 0 unspecified atom stereocenters. The molecule has 0 aliphatic carbocycles. The lowest BCUT2D eigenvalue weighted by Crippen LogP contribution is -2.44. The molecule has 0 spiro atoms. The van der Waals surface area contributed by atoms with Gasteiger partial charge in [-0.15, -0.1) is 0 Å². The summed E-state index contributed by atoms with van der Waals surface area (Å²) in [6, 6.07) is 0. The van der Waals surface area contributed by atoms with E-state index >= 15 is 0 Å². The Labute approximate surface area is 131 Å². The summed E-state index contributed by atoms with van der Waals surface area (Å²) in [6.45, 7) is 10.4. The van der Waals surface area contributed by atoms with Crippen LogP contribution in [0.5, 0.6) is 0 Å². The lowest BCUT2D eigenvalue weighted by atomic mass is 10.0. The zero-order valence-electron chi connectivity index (χ0n) is 14.1. The minimum Gasteiger partial charge on any atom is -0.461 e. The Morgan fingerprint density at radius 2 is 1.95 bits per heavy atom. The molecule has 122 valence electrons. The van der Waals surface area contributed by atoms with E-state index in [0.717, 1.165) is 5.69 Å². The fourth-order valence-electron chi connectivity index (χ4n) is 2.89. The first kappa shape index (κ1) is 16.5. The van der Waals surface area contributed by atoms with Crippen LogP contribution in [0.2, 0.25) is 0 Å². The van der Waals surface area contributed by atoms with Crippen LogP contribution < -0.4 is 0 Å². The first-order chi connectivity index (χ1) is 10.2. The van der Waals surface area contributed by atoms with Crippen LogP contribution >= 0.6 is 0 Å². The lowest BCUT2D eigenvalue weighted by Gasteiger charge is -2.29. The van der Waals surface area contributed by atoms with Crippen LogP contribution in [0, 0.1) is 13.8 Å². The Bertz CT molecular complexity index is 616. The first-order valence-corrected chi connectivity index (χ1v) is 7.45. The van der Waals surface area contributed by atoms with Gasteiger partial charge in [-0.2, -0.15) is 0 Å². The van der Waals surface area contributed by atoms with E-state index in [-0.39, 0.29) is 18.2 Å². The van der Waals surface area contributed by atoms with Crippen LogP contribution in [0.25, 0.3) is 0 Å². The molecule has 1 amide bonds. The standard InChI is InChI=1S/C16H24N2O4/c1-7-22-15(20)13-10(2)12(11(3)17(13)6)14(19)18-9-21-8-16(18,4)5/h7-9H2,1-6H3. The van der Waals surface area contributed by atoms with Gasteiger partial charge in [0.2, 0.25) is 0 Å². The molecule has 1 fully saturated rings. The maximum atomic E-state index is 12.9. The molecule has 0 N–H and O–H groups in total. The zero-order chi connectivity index (χ0) is 16.7. The van der Waals surface area contributed by atoms with Crippen LogP contribution in [-0.2, 0) is 16.5 Å². The van der Waals surface area contributed by atoms with Crippen molar-refractivity contribution in [2.24, 2.45) is 7.05 Å². The van der Waals surface area contributed by atoms with Gasteiger partial charge in [0.1, 0.15) is 12.4 Å². The number of carbonyl (C=O) groups excluding carboxylic acids is 2. The van der Waals surface area contributed by atoms with Crippen LogP contribution in [-0.4, -0.2) is 46.8 Å². The highest BCUT2D eigenvalue weighted by atomic mass is 16.5. The number of nitrogens with zero attached hydrogens (tertiary/aromatic N) is 2. The minimum absolute atomic E-state index is 0.108. The Hall–Kier alpha value is -1.82. The third-order valence-electron chi connectivity index (χ3n) is 4.26. The molecule has 0 bridgehead atoms. The van der Waals surface area contributed by atoms with E-state index in [1.54, 1.807) is 30.4 Å². The van der Waals surface area contributed by atoms with Crippen LogP contribution in [0.1, 0.15) is 52.9 Å². The number of hydrogen-bond acceptors (Lipinski definition) is 4. The van der Waals surface area contributed by atoms with Crippen molar-refractivity contribution in [2.45, 2.75) is 40.2 Å². The van der Waals surface area contributed by atoms with E-state index in [0.29, 0.717) is 30.0 Å². The predicted molar refractivity (Wildman–Crippen MR) is 81.9 cm³/mol. The Morgan fingerprint density at radius 1 is 1.32 bits per heavy atom. The van der Waals surface area contributed by atoms with Gasteiger partial charge in [0.05, 0.1) is 24.3 Å². The molecule has 0 aromatic carbocycles. The molecule has 1 aromatic heterocycles. The molecule has 2 rings (SSSR count). The van der Waals surface area contributed by atoms with Crippen molar-refractivity contribution < 1.29 is 19.1 Å². The highest BCUT2D eigenvalue weighted by Crippen LogP contribution is 2.29. The second-order valence-electron chi connectivity index (χ2n) is 6.24. The zero-order valence-corrected chi connectivity index (χ0v) is 14.1. The maximum Gasteiger partial charge on any atom is 0.355 e. The quantitative estimate of drug-likeness (QED) is 0.802. The summed E-state index contributed by atoms with van der Waals surface area (Å²) in [5.41, 5.74) is 2.06. The predicted octanol–water partition coefficient (Wildman–Crippen LogP) is 2.03. The summed E-state index contributed by atoms with van der Waals surface area (Å²) in [7, 11) is 1.77. The molecular formula is C16H24N2O4. The molecule has 2 heterocycles. The second-order valence-corrected chi connectivity index (χ2v) is 6.24. The van der Waals surface area contributed by atoms with Crippen molar-refractivity contribution in [2.75, 3.05) is 19.9 Å². The number of ether oxygens (including phenoxy) is 2. The molecule has 1 aromatic rings. The Balaban J connectivity index is 2.46. The van der Waals surface area contributed by atoms with Crippen LogP contribution in [0.15, 0.2) is 0 Å². The Morgan fingerprint density at radius 3 is 2.45 bits per heavy atom. The van der Waals surface area contributed by atoms with Crippen molar-refractivity contribution in [3.63, 3.8) is 0 Å². The molecule has 1 aliphatic rings. The summed E-state index contributed by atoms with van der Waals surface area (Å²) in [5, 5.41) is 0. The van der Waals surface area contributed by atoms with E-state index in [1.807, 2.05) is 20.8 Å². The molecule has 0 saturated carbocycles. The third kappa shape index (κ3) is 2.52. The van der Waals surface area contributed by atoms with Crippen LogP contribution in [0.4, 0.5) is 0 Å². The summed E-state index contributed by atoms with van der Waals surface area (Å²) in [6.07, 6.45) is 0. The Kier molecular flexibility index (Phi) is 4.33. The van der Waals surface area contributed by atoms with Crippen molar-refractivity contribution >= 4 is 11.9 Å². The van der Waals surface area contributed by atoms with Gasteiger partial charge >= 0.3 is 5.97 Å². The van der Waals surface area contributed by atoms with Gasteiger partial charge in [0.15, 0.2) is 0 Å². The fraction of sp³-hybridized carbons (Fsp3) is 0.625. The van der Waals surface area contributed by atoms with Crippen molar-refractivity contribution in [3.05, 3.63) is 22.5 Å². The smallest absolute Gasteiger partial charge is 0.355 e. The number of carbonyl (C=O) groups is 2. The monoisotopic (exact) mass is 308 g/mol. The molecule has 6 heteroatoms. The highest BCUT2D eigenvalue weighted by molar-refractivity contribution is 6.01. The summed E-state index contributed by atoms with van der Waals surface area (Å²) in [5.74, 6) is -0.509. The number of amides is 1. The van der Waals surface area contributed by atoms with Gasteiger partial charge in [-0.1, -0.05) is 0 Å². The molecule has 1 saturated heterocycles. The van der Waals surface area contributed by atoms with E-state index in [2.05, 4.69) is 0 Å². The molecule has 6 nitrogen and oxygen atoms in total. The van der Waals surface area contributed by atoms with Crippen molar-refractivity contribution in [1.82, 2.24) is 9.47 Å². The van der Waals surface area contributed by atoms with E-state index in [4.69, 9.17) is 9.47 Å². The van der Waals surface area contributed by atoms with E-state index < -0.39 is 5.97 Å². The average molecular weight is 308 g/mol. The van der Waals surface area contributed by atoms with Gasteiger partial charge in [0.25, 0.3) is 5.91 Å². The molecular weight excluding hydrogens is 284 g/mol. The van der Waals surface area contributed by atoms with E-state index in [9.17, 15) is 9.59 Å². The summed E-state index contributed by atoms with van der Waals surface area (Å²) < 4.78 is 12.2. The van der Waals surface area contributed by atoms with Gasteiger partial charge in [-0.25, -0.2) is 4.79 Å². The number of aromatic nitrogens is 1. The van der Waals surface area contributed by atoms with Crippen molar-refractivity contribution in [1.29, 1.82) is 0 Å². The fourth-order valence-corrected chi connectivity index (χ4v) is 2.89. The third-order valence-corrected chi connectivity index (χ3v) is 4.26. The molecule has 0 atom stereocenters. The molecule has 1 aliphatic heterocycles. The van der Waals surface area contributed by atoms with Gasteiger partial charge in [-0.05, 0) is 40.2 Å². The van der Waals surface area contributed by atoms with Gasteiger partial charge in [-0.3, -0.25) is 4.79 Å². The largest absolute Gasteiger partial charge is 0.461 e. The normalized spacial score (nSPS) is 16.9. The van der Waals surface area contributed by atoms with Crippen LogP contribution in [0.3, 0.4) is 0 Å². The number of rotatable bonds is 3.